The Hall–Kier alpha value is -5.86. The quantitative estimate of drug-likeness (QED) is 0.0849. The second-order valence-corrected chi connectivity index (χ2v) is 14.4. The fourth-order valence-corrected chi connectivity index (χ4v) is 7.60. The lowest BCUT2D eigenvalue weighted by atomic mass is 9.99. The SMILES string of the molecule is O=C(NC1CC(=O)N(Cc2cccc(-c3ccc(C4OC(CSc5ncccc5C(=O)O)CC(c5ccc(CO)cc5)O4)cc3)c2)C1=O)OCc1ccccc1. The molecule has 2 aliphatic heterocycles. The van der Waals surface area contributed by atoms with Crippen LogP contribution in [0.5, 0.6) is 0 Å². The van der Waals surface area contributed by atoms with Crippen molar-refractivity contribution in [3.05, 3.63) is 155 Å². The first kappa shape index (κ1) is 38.4. The van der Waals surface area contributed by atoms with Gasteiger partial charge in [-0.15, -0.1) is 11.8 Å². The Morgan fingerprint density at radius 2 is 1.59 bits per heavy atom. The summed E-state index contributed by atoms with van der Waals surface area (Å²) in [7, 11) is 0. The number of nitrogens with zero attached hydrogens (tertiary/aromatic N) is 2. The van der Waals surface area contributed by atoms with Gasteiger partial charge in [-0.2, -0.15) is 0 Å². The van der Waals surface area contributed by atoms with E-state index < -0.39 is 30.3 Å². The Morgan fingerprint density at radius 3 is 2.34 bits per heavy atom. The summed E-state index contributed by atoms with van der Waals surface area (Å²) in [4.78, 5) is 55.6. The third-order valence-electron chi connectivity index (χ3n) is 9.56. The van der Waals surface area contributed by atoms with Crippen LogP contribution in [0.25, 0.3) is 11.1 Å². The van der Waals surface area contributed by atoms with Gasteiger partial charge in [-0.3, -0.25) is 14.5 Å². The van der Waals surface area contributed by atoms with Crippen molar-refractivity contribution in [2.75, 3.05) is 5.75 Å². The van der Waals surface area contributed by atoms with E-state index in [9.17, 15) is 29.4 Å². The molecule has 0 bridgehead atoms. The summed E-state index contributed by atoms with van der Waals surface area (Å²) in [6.07, 6.45) is -0.158. The molecule has 12 nitrogen and oxygen atoms in total. The minimum Gasteiger partial charge on any atom is -0.478 e. The molecule has 56 heavy (non-hydrogen) atoms. The van der Waals surface area contributed by atoms with E-state index in [4.69, 9.17) is 14.2 Å². The Balaban J connectivity index is 1.01. The Labute approximate surface area is 327 Å². The standard InChI is InChI=1S/C43H39N3O9S/c47-24-27-11-13-31(14-12-27)37-21-34(26-56-39-35(41(50)51)10-5-19-44-39)54-42(55-37)32-17-15-30(16-18-32)33-9-4-8-29(20-33)23-46-38(48)22-36(40(46)49)45-43(52)53-25-28-6-2-1-3-7-28/h1-20,34,36-37,42,47H,21-26H2,(H,45,52)(H,50,51). The third kappa shape index (κ3) is 9.32. The first-order chi connectivity index (χ1) is 27.2. The van der Waals surface area contributed by atoms with Crippen LogP contribution in [0.15, 0.2) is 126 Å². The Bertz CT molecular complexity index is 2180. The van der Waals surface area contributed by atoms with Gasteiger partial charge in [0.05, 0.1) is 37.3 Å². The molecule has 3 heterocycles. The molecule has 0 aliphatic carbocycles. The fourth-order valence-electron chi connectivity index (χ4n) is 6.60. The third-order valence-corrected chi connectivity index (χ3v) is 10.7. The van der Waals surface area contributed by atoms with Crippen molar-refractivity contribution in [3.8, 4) is 11.1 Å². The topological polar surface area (TPSA) is 165 Å². The van der Waals surface area contributed by atoms with Crippen molar-refractivity contribution < 1.29 is 43.6 Å². The number of ether oxygens (including phenoxy) is 3. The van der Waals surface area contributed by atoms with Crippen LogP contribution in [0.1, 0.15) is 63.4 Å². The monoisotopic (exact) mass is 773 g/mol. The molecular formula is C43H39N3O9S. The van der Waals surface area contributed by atoms with Crippen molar-refractivity contribution in [1.29, 1.82) is 0 Å². The number of rotatable bonds is 13. The molecule has 1 aromatic heterocycles. The van der Waals surface area contributed by atoms with E-state index in [-0.39, 0.29) is 49.9 Å². The van der Waals surface area contributed by atoms with Crippen molar-refractivity contribution in [3.63, 3.8) is 0 Å². The van der Waals surface area contributed by atoms with Crippen LogP contribution in [0.4, 0.5) is 4.79 Å². The second kappa shape index (κ2) is 17.7. The molecule has 2 aliphatic rings. The number of aromatic nitrogens is 1. The Morgan fingerprint density at radius 1 is 0.839 bits per heavy atom. The number of hydrogen-bond donors (Lipinski definition) is 3. The summed E-state index contributed by atoms with van der Waals surface area (Å²) in [5, 5.41) is 22.1. The summed E-state index contributed by atoms with van der Waals surface area (Å²) in [5.41, 5.74) is 5.96. The van der Waals surface area contributed by atoms with E-state index in [1.165, 1.54) is 17.8 Å². The lowest BCUT2D eigenvalue weighted by Gasteiger charge is -2.36. The zero-order chi connectivity index (χ0) is 39.0. The largest absolute Gasteiger partial charge is 0.478 e. The number of imide groups is 1. The Kier molecular flexibility index (Phi) is 12.2. The number of likely N-dealkylation sites (tertiary alicyclic amines) is 1. The smallest absolute Gasteiger partial charge is 0.408 e. The van der Waals surface area contributed by atoms with Crippen LogP contribution < -0.4 is 5.32 Å². The van der Waals surface area contributed by atoms with Gasteiger partial charge in [0.15, 0.2) is 6.29 Å². The van der Waals surface area contributed by atoms with E-state index in [0.29, 0.717) is 17.2 Å². The summed E-state index contributed by atoms with van der Waals surface area (Å²) in [6.45, 7) is 0.0313. The van der Waals surface area contributed by atoms with Crippen LogP contribution in [-0.2, 0) is 43.6 Å². The number of thioether (sulfide) groups is 1. The number of hydrogen-bond acceptors (Lipinski definition) is 10. The van der Waals surface area contributed by atoms with Crippen LogP contribution in [0.3, 0.4) is 0 Å². The van der Waals surface area contributed by atoms with Gasteiger partial charge >= 0.3 is 12.1 Å². The molecule has 2 fully saturated rings. The first-order valence-electron chi connectivity index (χ1n) is 18.1. The molecule has 5 aromatic rings. The number of carboxylic acids is 1. The molecular weight excluding hydrogens is 735 g/mol. The summed E-state index contributed by atoms with van der Waals surface area (Å²) >= 11 is 1.32. The minimum absolute atomic E-state index is 0.0456. The van der Waals surface area contributed by atoms with Crippen molar-refractivity contribution >= 4 is 35.6 Å². The zero-order valence-electron chi connectivity index (χ0n) is 30.2. The second-order valence-electron chi connectivity index (χ2n) is 13.4. The number of carbonyl (C=O) groups is 4. The highest BCUT2D eigenvalue weighted by Crippen LogP contribution is 2.40. The lowest BCUT2D eigenvalue weighted by molar-refractivity contribution is -0.245. The van der Waals surface area contributed by atoms with Crippen LogP contribution in [0.2, 0.25) is 0 Å². The number of amides is 3. The van der Waals surface area contributed by atoms with Crippen molar-refractivity contribution in [2.24, 2.45) is 0 Å². The van der Waals surface area contributed by atoms with Crippen molar-refractivity contribution in [2.45, 2.75) is 62.2 Å². The summed E-state index contributed by atoms with van der Waals surface area (Å²) < 4.78 is 18.2. The highest BCUT2D eigenvalue weighted by molar-refractivity contribution is 7.99. The molecule has 3 N–H and O–H groups in total. The molecule has 4 aromatic carbocycles. The number of benzene rings is 4. The highest BCUT2D eigenvalue weighted by atomic mass is 32.2. The maximum atomic E-state index is 13.2. The van der Waals surface area contributed by atoms with E-state index in [1.807, 2.05) is 103 Å². The number of nitrogens with one attached hydrogen (secondary N) is 1. The first-order valence-corrected chi connectivity index (χ1v) is 19.0. The number of alkyl carbamates (subject to hydrolysis) is 1. The maximum Gasteiger partial charge on any atom is 0.408 e. The van der Waals surface area contributed by atoms with E-state index in [0.717, 1.165) is 43.8 Å². The number of aromatic carboxylic acids is 1. The molecule has 4 unspecified atom stereocenters. The summed E-state index contributed by atoms with van der Waals surface area (Å²) in [6, 6.07) is 34.2. The molecule has 0 spiro atoms. The number of carbonyl (C=O) groups excluding carboxylic acids is 3. The van der Waals surface area contributed by atoms with Gasteiger partial charge in [-0.05, 0) is 51.6 Å². The molecule has 4 atom stereocenters. The predicted octanol–water partition coefficient (Wildman–Crippen LogP) is 6.83. The molecule has 0 saturated carbocycles. The highest BCUT2D eigenvalue weighted by Gasteiger charge is 2.40. The molecule has 3 amide bonds. The molecule has 13 heteroatoms. The van der Waals surface area contributed by atoms with Gasteiger partial charge in [-0.1, -0.05) is 97.1 Å². The average molecular weight is 774 g/mol. The van der Waals surface area contributed by atoms with Gasteiger partial charge in [0.25, 0.3) is 5.91 Å². The van der Waals surface area contributed by atoms with E-state index in [2.05, 4.69) is 10.3 Å². The summed E-state index contributed by atoms with van der Waals surface area (Å²) in [5.74, 6) is -1.47. The fraction of sp³-hybridized carbons (Fsp3) is 0.233. The number of aliphatic hydroxyl groups is 1. The normalized spacial score (nSPS) is 19.5. The van der Waals surface area contributed by atoms with Gasteiger partial charge in [0.1, 0.15) is 17.7 Å². The molecule has 2 saturated heterocycles. The zero-order valence-corrected chi connectivity index (χ0v) is 31.0. The number of carboxylic acid groups (broad SMARTS) is 1. The minimum atomic E-state index is -1.04. The van der Waals surface area contributed by atoms with Gasteiger partial charge in [0.2, 0.25) is 5.91 Å². The van der Waals surface area contributed by atoms with Gasteiger partial charge in [-0.25, -0.2) is 14.6 Å². The number of aliphatic hydroxyl groups excluding tert-OH is 1. The lowest BCUT2D eigenvalue weighted by Crippen LogP contribution is -2.41. The molecule has 0 radical (unpaired) electrons. The average Bonchev–Trinajstić information content (AvgIpc) is 3.49. The predicted molar refractivity (Wildman–Crippen MR) is 206 cm³/mol. The number of pyridine rings is 1. The van der Waals surface area contributed by atoms with E-state index >= 15 is 0 Å². The van der Waals surface area contributed by atoms with Gasteiger partial charge < -0.3 is 29.7 Å². The van der Waals surface area contributed by atoms with Crippen LogP contribution >= 0.6 is 11.8 Å². The van der Waals surface area contributed by atoms with E-state index in [1.54, 1.807) is 12.3 Å². The van der Waals surface area contributed by atoms with Crippen LogP contribution in [-0.4, -0.2) is 61.9 Å². The van der Waals surface area contributed by atoms with Crippen molar-refractivity contribution in [1.82, 2.24) is 15.2 Å². The maximum absolute atomic E-state index is 13.2. The van der Waals surface area contributed by atoms with Gasteiger partial charge in [0, 0.05) is 23.9 Å². The molecule has 7 rings (SSSR count). The molecule has 286 valence electrons. The van der Waals surface area contributed by atoms with Crippen LogP contribution in [0, 0.1) is 0 Å².